The van der Waals surface area contributed by atoms with Crippen LogP contribution in [0, 0.1) is 13.8 Å². The quantitative estimate of drug-likeness (QED) is 0.721. The molecule has 0 heterocycles. The van der Waals surface area contributed by atoms with E-state index in [1.165, 1.54) is 0 Å². The maximum Gasteiger partial charge on any atom is 0.175 e. The molecule has 0 aromatic heterocycles. The highest BCUT2D eigenvalue weighted by Crippen LogP contribution is 2.23. The maximum absolute atomic E-state index is 6.08. The minimum absolute atomic E-state index is 0.511. The van der Waals surface area contributed by atoms with Gasteiger partial charge in [-0.3, -0.25) is 0 Å². The zero-order valence-electron chi connectivity index (χ0n) is 11.1. The van der Waals surface area contributed by atoms with Crippen LogP contribution in [0.3, 0.4) is 0 Å². The summed E-state index contributed by atoms with van der Waals surface area (Å²) in [6.45, 7) is 3.89. The van der Waals surface area contributed by atoms with E-state index in [9.17, 15) is 0 Å². The molecular formula is C15H14Cl2N2S. The minimum Gasteiger partial charge on any atom is -0.332 e. The van der Waals surface area contributed by atoms with Gasteiger partial charge in [0.05, 0.1) is 0 Å². The molecule has 5 heteroatoms. The molecule has 0 fully saturated rings. The van der Waals surface area contributed by atoms with E-state index in [4.69, 9.17) is 35.4 Å². The first-order chi connectivity index (χ1) is 9.47. The first kappa shape index (κ1) is 15.1. The molecule has 0 radical (unpaired) electrons. The Morgan fingerprint density at radius 2 is 1.75 bits per heavy atom. The molecule has 0 unspecified atom stereocenters. The number of nitrogens with one attached hydrogen (secondary N) is 2. The lowest BCUT2D eigenvalue weighted by molar-refractivity contribution is 1.44. The summed E-state index contributed by atoms with van der Waals surface area (Å²) in [6, 6.07) is 11.3. The largest absolute Gasteiger partial charge is 0.332 e. The molecule has 20 heavy (non-hydrogen) atoms. The van der Waals surface area contributed by atoms with Crippen molar-refractivity contribution in [3.63, 3.8) is 0 Å². The van der Waals surface area contributed by atoms with E-state index in [-0.39, 0.29) is 0 Å². The molecule has 2 N–H and O–H groups in total. The second kappa shape index (κ2) is 6.44. The Morgan fingerprint density at radius 3 is 2.45 bits per heavy atom. The molecule has 2 aromatic carbocycles. The van der Waals surface area contributed by atoms with Crippen molar-refractivity contribution in [2.24, 2.45) is 0 Å². The van der Waals surface area contributed by atoms with Crippen LogP contribution in [0.15, 0.2) is 36.4 Å². The van der Waals surface area contributed by atoms with E-state index < -0.39 is 0 Å². The van der Waals surface area contributed by atoms with Crippen molar-refractivity contribution >= 4 is 51.9 Å². The first-order valence-electron chi connectivity index (χ1n) is 6.06. The molecule has 0 aliphatic carbocycles. The number of thiocarbonyl (C=S) groups is 1. The molecular weight excluding hydrogens is 311 g/mol. The van der Waals surface area contributed by atoms with Gasteiger partial charge in [0.1, 0.15) is 0 Å². The Balaban J connectivity index is 2.09. The summed E-state index contributed by atoms with van der Waals surface area (Å²) in [4.78, 5) is 0. The molecule has 0 saturated carbocycles. The van der Waals surface area contributed by atoms with E-state index in [2.05, 4.69) is 10.6 Å². The van der Waals surface area contributed by atoms with Gasteiger partial charge in [-0.2, -0.15) is 0 Å². The number of halogens is 2. The van der Waals surface area contributed by atoms with E-state index >= 15 is 0 Å². The van der Waals surface area contributed by atoms with Crippen LogP contribution in [0.2, 0.25) is 10.0 Å². The second-order valence-electron chi connectivity index (χ2n) is 4.46. The third-order valence-electron chi connectivity index (χ3n) is 2.93. The lowest BCUT2D eigenvalue weighted by Gasteiger charge is -2.13. The molecule has 0 bridgehead atoms. The molecule has 2 aromatic rings. The smallest absolute Gasteiger partial charge is 0.175 e. The van der Waals surface area contributed by atoms with Gasteiger partial charge >= 0.3 is 0 Å². The van der Waals surface area contributed by atoms with E-state index in [1.807, 2.05) is 50.2 Å². The normalized spacial score (nSPS) is 10.2. The van der Waals surface area contributed by atoms with Gasteiger partial charge in [0.2, 0.25) is 0 Å². The summed E-state index contributed by atoms with van der Waals surface area (Å²) in [6.07, 6.45) is 0. The standard InChI is InChI=1S/C15H14Cl2N2S/c1-9-8-11(6-7-12(9)16)18-15(20)19-14-5-3-4-13(17)10(14)2/h3-8H,1-2H3,(H2,18,19,20). The maximum atomic E-state index is 6.08. The summed E-state index contributed by atoms with van der Waals surface area (Å²) in [5.41, 5.74) is 3.74. The van der Waals surface area contributed by atoms with E-state index in [0.717, 1.165) is 27.5 Å². The molecule has 0 atom stereocenters. The van der Waals surface area contributed by atoms with Crippen molar-refractivity contribution < 1.29 is 0 Å². The van der Waals surface area contributed by atoms with Crippen molar-refractivity contribution in [1.29, 1.82) is 0 Å². The van der Waals surface area contributed by atoms with Crippen LogP contribution in [0.4, 0.5) is 11.4 Å². The Morgan fingerprint density at radius 1 is 1.00 bits per heavy atom. The van der Waals surface area contributed by atoms with Crippen LogP contribution in [0.1, 0.15) is 11.1 Å². The van der Waals surface area contributed by atoms with Crippen molar-refractivity contribution in [3.05, 3.63) is 57.6 Å². The zero-order valence-corrected chi connectivity index (χ0v) is 13.5. The van der Waals surface area contributed by atoms with Gasteiger partial charge in [-0.25, -0.2) is 0 Å². The van der Waals surface area contributed by atoms with Gasteiger partial charge in [-0.15, -0.1) is 0 Å². The van der Waals surface area contributed by atoms with E-state index in [1.54, 1.807) is 0 Å². The molecule has 2 nitrogen and oxygen atoms in total. The number of aryl methyl sites for hydroxylation is 1. The third-order valence-corrected chi connectivity index (χ3v) is 3.97. The second-order valence-corrected chi connectivity index (χ2v) is 5.68. The molecule has 0 spiro atoms. The van der Waals surface area contributed by atoms with Gasteiger partial charge < -0.3 is 10.6 Å². The lowest BCUT2D eigenvalue weighted by atomic mass is 10.2. The molecule has 0 aliphatic heterocycles. The predicted octanol–water partition coefficient (Wildman–Crippen LogP) is 5.42. The Kier molecular flexibility index (Phi) is 4.86. The van der Waals surface area contributed by atoms with Crippen LogP contribution in [-0.2, 0) is 0 Å². The van der Waals surface area contributed by atoms with Crippen LogP contribution in [-0.4, -0.2) is 5.11 Å². The summed E-state index contributed by atoms with van der Waals surface area (Å²) in [5.74, 6) is 0. The SMILES string of the molecule is Cc1cc(NC(=S)Nc2cccc(Cl)c2C)ccc1Cl. The lowest BCUT2D eigenvalue weighted by Crippen LogP contribution is -2.19. The number of hydrogen-bond donors (Lipinski definition) is 2. The Bertz CT molecular complexity index is 656. The van der Waals surface area contributed by atoms with Crippen LogP contribution < -0.4 is 10.6 Å². The monoisotopic (exact) mass is 324 g/mol. The van der Waals surface area contributed by atoms with Gasteiger partial charge in [0.15, 0.2) is 5.11 Å². The summed E-state index contributed by atoms with van der Waals surface area (Å²) < 4.78 is 0. The highest BCUT2D eigenvalue weighted by atomic mass is 35.5. The Hall–Kier alpha value is -1.29. The highest BCUT2D eigenvalue weighted by Gasteiger charge is 2.05. The molecule has 0 saturated heterocycles. The van der Waals surface area contributed by atoms with Crippen molar-refractivity contribution in [2.75, 3.05) is 10.6 Å². The number of benzene rings is 2. The zero-order chi connectivity index (χ0) is 14.7. The number of anilines is 2. The number of hydrogen-bond acceptors (Lipinski definition) is 1. The molecule has 104 valence electrons. The van der Waals surface area contributed by atoms with Crippen LogP contribution in [0.25, 0.3) is 0 Å². The topological polar surface area (TPSA) is 24.1 Å². The van der Waals surface area contributed by atoms with E-state index in [0.29, 0.717) is 10.1 Å². The van der Waals surface area contributed by atoms with Crippen molar-refractivity contribution in [1.82, 2.24) is 0 Å². The third kappa shape index (κ3) is 3.63. The summed E-state index contributed by atoms with van der Waals surface area (Å²) in [5, 5.41) is 8.22. The number of rotatable bonds is 2. The average Bonchev–Trinajstić information content (AvgIpc) is 2.39. The van der Waals surface area contributed by atoms with Gasteiger partial charge in [0, 0.05) is 21.4 Å². The van der Waals surface area contributed by atoms with Gasteiger partial charge in [-0.1, -0.05) is 29.3 Å². The fraction of sp³-hybridized carbons (Fsp3) is 0.133. The van der Waals surface area contributed by atoms with Gasteiger partial charge in [0.25, 0.3) is 0 Å². The van der Waals surface area contributed by atoms with Crippen LogP contribution in [0.5, 0.6) is 0 Å². The summed E-state index contributed by atoms with van der Waals surface area (Å²) in [7, 11) is 0. The fourth-order valence-electron chi connectivity index (χ4n) is 1.75. The van der Waals surface area contributed by atoms with Crippen molar-refractivity contribution in [2.45, 2.75) is 13.8 Å². The van der Waals surface area contributed by atoms with Gasteiger partial charge in [-0.05, 0) is 67.5 Å². The Labute approximate surface area is 134 Å². The average molecular weight is 325 g/mol. The fourth-order valence-corrected chi connectivity index (χ4v) is 2.27. The van der Waals surface area contributed by atoms with Crippen molar-refractivity contribution in [3.8, 4) is 0 Å². The predicted molar refractivity (Wildman–Crippen MR) is 92.2 cm³/mol. The minimum atomic E-state index is 0.511. The molecule has 2 rings (SSSR count). The van der Waals surface area contributed by atoms with Crippen LogP contribution >= 0.6 is 35.4 Å². The molecule has 0 aliphatic rings. The molecule has 0 amide bonds. The first-order valence-corrected chi connectivity index (χ1v) is 7.23. The highest BCUT2D eigenvalue weighted by molar-refractivity contribution is 7.80. The summed E-state index contributed by atoms with van der Waals surface area (Å²) >= 11 is 17.4.